The smallest absolute Gasteiger partial charge is 0.253 e. The van der Waals surface area contributed by atoms with Crippen LogP contribution in [0, 0.1) is 5.92 Å². The molecule has 2 fully saturated rings. The minimum atomic E-state index is -0.00788. The first-order valence-corrected chi connectivity index (χ1v) is 13.1. The fourth-order valence-corrected chi connectivity index (χ4v) is 6.10. The highest BCUT2D eigenvalue weighted by Crippen LogP contribution is 2.43. The van der Waals surface area contributed by atoms with Crippen LogP contribution in [-0.4, -0.2) is 50.9 Å². The van der Waals surface area contributed by atoms with Crippen LogP contribution in [0.4, 0.5) is 11.5 Å². The van der Waals surface area contributed by atoms with Crippen molar-refractivity contribution in [3.8, 4) is 11.3 Å². The monoisotopic (exact) mass is 496 g/mol. The van der Waals surface area contributed by atoms with Gasteiger partial charge in [-0.25, -0.2) is 9.97 Å². The maximum atomic E-state index is 13.0. The first-order chi connectivity index (χ1) is 17.9. The minimum Gasteiger partial charge on any atom is -0.383 e. The molecule has 6 rings (SSSR count). The maximum absolute atomic E-state index is 13.0. The van der Waals surface area contributed by atoms with Gasteiger partial charge >= 0.3 is 0 Å². The molecule has 2 aromatic heterocycles. The van der Waals surface area contributed by atoms with Crippen molar-refractivity contribution in [3.63, 3.8) is 0 Å². The Kier molecular flexibility index (Phi) is 5.82. The quantitative estimate of drug-likeness (QED) is 0.543. The summed E-state index contributed by atoms with van der Waals surface area (Å²) in [6, 6.07) is 8.08. The highest BCUT2D eigenvalue weighted by molar-refractivity contribution is 6.08. The predicted octanol–water partition coefficient (Wildman–Crippen LogP) is 4.32. The first kappa shape index (κ1) is 23.5. The standard InChI is InChI=1S/C29H32N6O2/c1-18-13-16-35(28(18)36)22-11-9-20(10-12-22)25-23(24-26(30)31-17-32-27(24)33(25)2)19-5-7-21(8-6-19)29(37)34-14-3-4-15-34/h5,9-12,17,21H,1,3-4,6-8,13-16H2,2H3,(H2,30,31,32)/t21-/m0/s1. The molecule has 0 saturated carbocycles. The molecule has 2 N–H and O–H groups in total. The van der Waals surface area contributed by atoms with Crippen molar-refractivity contribution in [1.82, 2.24) is 19.4 Å². The van der Waals surface area contributed by atoms with E-state index < -0.39 is 0 Å². The molecule has 37 heavy (non-hydrogen) atoms. The molecular weight excluding hydrogens is 464 g/mol. The SMILES string of the molecule is C=C1CCN(c2ccc(-c3c(C4=CC[C@H](C(=O)N5CCCC5)CC4)c4c(N)ncnc4n3C)cc2)C1=O. The summed E-state index contributed by atoms with van der Waals surface area (Å²) in [4.78, 5) is 38.1. The molecule has 0 radical (unpaired) electrons. The van der Waals surface area contributed by atoms with Gasteiger partial charge in [0.05, 0.1) is 11.1 Å². The van der Waals surface area contributed by atoms with Gasteiger partial charge in [-0.15, -0.1) is 0 Å². The molecule has 8 heteroatoms. The summed E-state index contributed by atoms with van der Waals surface area (Å²) in [5.41, 5.74) is 13.0. The van der Waals surface area contributed by atoms with Crippen molar-refractivity contribution >= 4 is 39.9 Å². The molecule has 190 valence electrons. The number of nitrogens with two attached hydrogens (primary N) is 1. The Morgan fingerprint density at radius 3 is 2.49 bits per heavy atom. The van der Waals surface area contributed by atoms with E-state index in [2.05, 4.69) is 27.2 Å². The van der Waals surface area contributed by atoms with Crippen LogP contribution in [0.1, 0.15) is 44.1 Å². The number of aryl methyl sites for hydroxylation is 1. The minimum absolute atomic E-state index is 0.00788. The van der Waals surface area contributed by atoms with Gasteiger partial charge in [-0.05, 0) is 61.8 Å². The topological polar surface area (TPSA) is 97.3 Å². The molecule has 8 nitrogen and oxygen atoms in total. The van der Waals surface area contributed by atoms with Crippen molar-refractivity contribution in [2.45, 2.75) is 38.5 Å². The molecule has 2 amide bonds. The summed E-state index contributed by atoms with van der Waals surface area (Å²) in [6.07, 6.45) is 8.98. The Hall–Kier alpha value is -3.94. The van der Waals surface area contributed by atoms with E-state index in [0.29, 0.717) is 30.3 Å². The van der Waals surface area contributed by atoms with Gasteiger partial charge in [-0.1, -0.05) is 24.8 Å². The Morgan fingerprint density at radius 2 is 1.84 bits per heavy atom. The number of amides is 2. The zero-order valence-corrected chi connectivity index (χ0v) is 21.2. The van der Waals surface area contributed by atoms with E-state index in [1.54, 1.807) is 4.90 Å². The van der Waals surface area contributed by atoms with Gasteiger partial charge in [-0.3, -0.25) is 9.59 Å². The fraction of sp³-hybridized carbons (Fsp3) is 0.379. The number of nitrogen functional groups attached to an aromatic ring is 1. The number of allylic oxidation sites excluding steroid dienone is 2. The Bertz CT molecular complexity index is 1450. The average molecular weight is 497 g/mol. The van der Waals surface area contributed by atoms with Gasteiger partial charge in [0.2, 0.25) is 5.91 Å². The molecule has 2 saturated heterocycles. The van der Waals surface area contributed by atoms with E-state index in [1.807, 2.05) is 36.2 Å². The zero-order chi connectivity index (χ0) is 25.7. The lowest BCUT2D eigenvalue weighted by Gasteiger charge is -2.26. The highest BCUT2D eigenvalue weighted by atomic mass is 16.2. The van der Waals surface area contributed by atoms with Crippen LogP contribution >= 0.6 is 0 Å². The molecule has 2 aliphatic heterocycles. The molecule has 0 unspecified atom stereocenters. The third-order valence-corrected chi connectivity index (χ3v) is 8.13. The summed E-state index contributed by atoms with van der Waals surface area (Å²) in [5.74, 6) is 0.784. The number of benzene rings is 1. The number of carbonyl (C=O) groups excluding carboxylic acids is 2. The number of anilines is 2. The summed E-state index contributed by atoms with van der Waals surface area (Å²) in [7, 11) is 2.00. The summed E-state index contributed by atoms with van der Waals surface area (Å²) >= 11 is 0. The lowest BCUT2D eigenvalue weighted by molar-refractivity contribution is -0.134. The average Bonchev–Trinajstić information content (AvgIpc) is 3.64. The summed E-state index contributed by atoms with van der Waals surface area (Å²) in [5, 5.41) is 0.852. The van der Waals surface area contributed by atoms with Gasteiger partial charge in [0.1, 0.15) is 17.8 Å². The molecule has 1 aliphatic carbocycles. The van der Waals surface area contributed by atoms with Crippen LogP contribution < -0.4 is 10.6 Å². The van der Waals surface area contributed by atoms with E-state index >= 15 is 0 Å². The highest BCUT2D eigenvalue weighted by Gasteiger charge is 2.31. The van der Waals surface area contributed by atoms with Gasteiger partial charge in [0.25, 0.3) is 5.91 Å². The van der Waals surface area contributed by atoms with Crippen LogP contribution in [0.15, 0.2) is 48.8 Å². The van der Waals surface area contributed by atoms with E-state index in [9.17, 15) is 9.59 Å². The number of aromatic nitrogens is 3. The molecule has 1 aromatic carbocycles. The third kappa shape index (κ3) is 3.91. The van der Waals surface area contributed by atoms with Crippen molar-refractivity contribution in [2.75, 3.05) is 30.3 Å². The van der Waals surface area contributed by atoms with Crippen molar-refractivity contribution in [1.29, 1.82) is 0 Å². The van der Waals surface area contributed by atoms with Crippen molar-refractivity contribution < 1.29 is 9.59 Å². The second-order valence-corrected chi connectivity index (χ2v) is 10.3. The Balaban J connectivity index is 1.39. The van der Waals surface area contributed by atoms with Gasteiger partial charge in [0, 0.05) is 49.4 Å². The van der Waals surface area contributed by atoms with Crippen LogP contribution in [0.5, 0.6) is 0 Å². The number of carbonyl (C=O) groups is 2. The maximum Gasteiger partial charge on any atom is 0.253 e. The zero-order valence-electron chi connectivity index (χ0n) is 21.2. The Morgan fingerprint density at radius 1 is 1.08 bits per heavy atom. The first-order valence-electron chi connectivity index (χ1n) is 13.1. The number of fused-ring (bicyclic) bond motifs is 1. The van der Waals surface area contributed by atoms with Crippen molar-refractivity contribution in [2.24, 2.45) is 13.0 Å². The van der Waals surface area contributed by atoms with Crippen LogP contribution in [0.25, 0.3) is 27.9 Å². The fourth-order valence-electron chi connectivity index (χ4n) is 6.10. The number of hydrogen-bond acceptors (Lipinski definition) is 5. The molecule has 1 atom stereocenters. The van der Waals surface area contributed by atoms with Gasteiger partial charge < -0.3 is 20.1 Å². The number of nitrogens with zero attached hydrogens (tertiary/aromatic N) is 5. The van der Waals surface area contributed by atoms with Gasteiger partial charge in [-0.2, -0.15) is 0 Å². The Labute approximate surface area is 216 Å². The second kappa shape index (κ2) is 9.18. The number of hydrogen-bond donors (Lipinski definition) is 1. The largest absolute Gasteiger partial charge is 0.383 e. The van der Waals surface area contributed by atoms with E-state index in [4.69, 9.17) is 5.73 Å². The van der Waals surface area contributed by atoms with Crippen molar-refractivity contribution in [3.05, 3.63) is 54.4 Å². The lowest BCUT2D eigenvalue weighted by atomic mass is 9.84. The van der Waals surface area contributed by atoms with Crippen LogP contribution in [-0.2, 0) is 16.6 Å². The number of likely N-dealkylation sites (tertiary alicyclic amines) is 1. The van der Waals surface area contributed by atoms with E-state index in [1.165, 1.54) is 11.9 Å². The van der Waals surface area contributed by atoms with Crippen LogP contribution in [0.3, 0.4) is 0 Å². The summed E-state index contributed by atoms with van der Waals surface area (Å²) < 4.78 is 2.07. The number of rotatable bonds is 4. The normalized spacial score (nSPS) is 20.2. The molecule has 3 aromatic rings. The predicted molar refractivity (Wildman–Crippen MR) is 146 cm³/mol. The molecule has 3 aliphatic rings. The summed E-state index contributed by atoms with van der Waals surface area (Å²) in [6.45, 7) is 6.31. The molecular formula is C29H32N6O2. The van der Waals surface area contributed by atoms with E-state index in [-0.39, 0.29) is 11.8 Å². The third-order valence-electron chi connectivity index (χ3n) is 8.13. The van der Waals surface area contributed by atoms with Gasteiger partial charge in [0.15, 0.2) is 0 Å². The van der Waals surface area contributed by atoms with E-state index in [0.717, 1.165) is 78.7 Å². The molecule has 0 spiro atoms. The van der Waals surface area contributed by atoms with Crippen LogP contribution in [0.2, 0.25) is 0 Å². The molecule has 0 bridgehead atoms. The molecule has 4 heterocycles. The second-order valence-electron chi connectivity index (χ2n) is 10.3. The lowest BCUT2D eigenvalue weighted by Crippen LogP contribution is -2.34.